The molecule has 2 unspecified atom stereocenters. The number of rotatable bonds is 4. The molecule has 1 aliphatic rings. The zero-order valence-electron chi connectivity index (χ0n) is 11.4. The summed E-state index contributed by atoms with van der Waals surface area (Å²) in [6.07, 6.45) is 2.97. The van der Waals surface area contributed by atoms with Gasteiger partial charge in [0.2, 0.25) is 5.91 Å². The van der Waals surface area contributed by atoms with E-state index in [1.807, 2.05) is 30.1 Å². The molecular formula is C15H22N2O. The van der Waals surface area contributed by atoms with E-state index in [1.54, 1.807) is 0 Å². The van der Waals surface area contributed by atoms with E-state index < -0.39 is 0 Å². The van der Waals surface area contributed by atoms with E-state index in [0.29, 0.717) is 6.04 Å². The highest BCUT2D eigenvalue weighted by molar-refractivity contribution is 5.87. The van der Waals surface area contributed by atoms with Crippen molar-refractivity contribution in [3.05, 3.63) is 29.8 Å². The highest BCUT2D eigenvalue weighted by Crippen LogP contribution is 2.26. The molecule has 3 heteroatoms. The van der Waals surface area contributed by atoms with Crippen LogP contribution in [0.3, 0.4) is 0 Å². The Morgan fingerprint density at radius 1 is 1.50 bits per heavy atom. The quantitative estimate of drug-likeness (QED) is 0.886. The van der Waals surface area contributed by atoms with E-state index >= 15 is 0 Å². The van der Waals surface area contributed by atoms with Crippen LogP contribution in [0.4, 0.5) is 5.69 Å². The van der Waals surface area contributed by atoms with Gasteiger partial charge in [-0.05, 0) is 25.0 Å². The second kappa shape index (κ2) is 5.42. The maximum Gasteiger partial charge on any atom is 0.245 e. The topological polar surface area (TPSA) is 32.3 Å². The summed E-state index contributed by atoms with van der Waals surface area (Å²) < 4.78 is 0. The standard InChI is InChI=1S/C15H22N2O/c1-4-7-11(2)17(3)15(18)14-10-12-8-5-6-9-13(12)16-14/h5-6,8-9,11,14,16H,4,7,10H2,1-3H3. The minimum atomic E-state index is -0.0910. The number of para-hydroxylation sites is 1. The van der Waals surface area contributed by atoms with Crippen molar-refractivity contribution in [1.82, 2.24) is 4.90 Å². The van der Waals surface area contributed by atoms with Crippen LogP contribution in [0, 0.1) is 0 Å². The molecule has 0 fully saturated rings. The van der Waals surface area contributed by atoms with E-state index in [-0.39, 0.29) is 11.9 Å². The molecule has 0 bridgehead atoms. The first-order valence-electron chi connectivity index (χ1n) is 6.74. The second-order valence-corrected chi connectivity index (χ2v) is 5.15. The van der Waals surface area contributed by atoms with Crippen molar-refractivity contribution < 1.29 is 4.79 Å². The summed E-state index contributed by atoms with van der Waals surface area (Å²) in [6, 6.07) is 8.38. The molecule has 18 heavy (non-hydrogen) atoms. The Kier molecular flexibility index (Phi) is 3.90. The summed E-state index contributed by atoms with van der Waals surface area (Å²) in [5.74, 6) is 0.201. The summed E-state index contributed by atoms with van der Waals surface area (Å²) in [5.41, 5.74) is 2.35. The molecule has 1 aliphatic heterocycles. The summed E-state index contributed by atoms with van der Waals surface area (Å²) >= 11 is 0. The first kappa shape index (κ1) is 12.9. The minimum absolute atomic E-state index is 0.0910. The zero-order valence-corrected chi connectivity index (χ0v) is 11.4. The van der Waals surface area contributed by atoms with Crippen molar-refractivity contribution in [3.63, 3.8) is 0 Å². The van der Waals surface area contributed by atoms with Gasteiger partial charge in [0.25, 0.3) is 0 Å². The van der Waals surface area contributed by atoms with Gasteiger partial charge >= 0.3 is 0 Å². The van der Waals surface area contributed by atoms with E-state index in [0.717, 1.165) is 24.9 Å². The average Bonchev–Trinajstić information content (AvgIpc) is 2.81. The molecule has 2 atom stereocenters. The fraction of sp³-hybridized carbons (Fsp3) is 0.533. The lowest BCUT2D eigenvalue weighted by atomic mass is 10.1. The molecule has 1 amide bonds. The van der Waals surface area contributed by atoms with Crippen molar-refractivity contribution in [2.75, 3.05) is 12.4 Å². The lowest BCUT2D eigenvalue weighted by Gasteiger charge is -2.27. The largest absolute Gasteiger partial charge is 0.373 e. The molecule has 0 saturated heterocycles. The Labute approximate surface area is 109 Å². The fourth-order valence-corrected chi connectivity index (χ4v) is 2.52. The number of fused-ring (bicyclic) bond motifs is 1. The number of benzene rings is 1. The van der Waals surface area contributed by atoms with E-state index in [2.05, 4.69) is 25.2 Å². The van der Waals surface area contributed by atoms with Crippen molar-refractivity contribution >= 4 is 11.6 Å². The number of carbonyl (C=O) groups is 1. The number of nitrogens with zero attached hydrogens (tertiary/aromatic N) is 1. The van der Waals surface area contributed by atoms with Gasteiger partial charge in [-0.25, -0.2) is 0 Å². The third kappa shape index (κ3) is 2.50. The first-order chi connectivity index (χ1) is 8.63. The number of anilines is 1. The number of hydrogen-bond acceptors (Lipinski definition) is 2. The molecule has 1 aromatic rings. The lowest BCUT2D eigenvalue weighted by Crippen LogP contribution is -2.44. The first-order valence-corrected chi connectivity index (χ1v) is 6.74. The van der Waals surface area contributed by atoms with Crippen LogP contribution in [0.5, 0.6) is 0 Å². The van der Waals surface area contributed by atoms with Crippen LogP contribution in [-0.4, -0.2) is 29.9 Å². The average molecular weight is 246 g/mol. The van der Waals surface area contributed by atoms with Gasteiger partial charge < -0.3 is 10.2 Å². The summed E-state index contributed by atoms with van der Waals surface area (Å²) in [6.45, 7) is 4.27. The maximum absolute atomic E-state index is 12.4. The molecule has 0 spiro atoms. The Bertz CT molecular complexity index is 405. The van der Waals surface area contributed by atoms with E-state index in [9.17, 15) is 4.79 Å². The van der Waals surface area contributed by atoms with Crippen molar-refractivity contribution in [2.45, 2.75) is 45.2 Å². The number of amides is 1. The molecule has 0 aromatic heterocycles. The van der Waals surface area contributed by atoms with Gasteiger partial charge in [0.1, 0.15) is 6.04 Å². The molecular weight excluding hydrogens is 224 g/mol. The van der Waals surface area contributed by atoms with Gasteiger partial charge in [-0.3, -0.25) is 4.79 Å². The number of carbonyl (C=O) groups excluding carboxylic acids is 1. The predicted octanol–water partition coefficient (Wildman–Crippen LogP) is 2.67. The van der Waals surface area contributed by atoms with Crippen molar-refractivity contribution in [3.8, 4) is 0 Å². The van der Waals surface area contributed by atoms with Gasteiger partial charge in [-0.1, -0.05) is 31.5 Å². The Morgan fingerprint density at radius 3 is 2.89 bits per heavy atom. The molecule has 0 saturated carbocycles. The van der Waals surface area contributed by atoms with Crippen LogP contribution in [-0.2, 0) is 11.2 Å². The van der Waals surface area contributed by atoms with Crippen LogP contribution in [0.2, 0.25) is 0 Å². The zero-order chi connectivity index (χ0) is 13.1. The molecule has 2 rings (SSSR count). The van der Waals surface area contributed by atoms with Crippen molar-refractivity contribution in [1.29, 1.82) is 0 Å². The van der Waals surface area contributed by atoms with Crippen molar-refractivity contribution in [2.24, 2.45) is 0 Å². The highest BCUT2D eigenvalue weighted by atomic mass is 16.2. The van der Waals surface area contributed by atoms with Gasteiger partial charge in [0.15, 0.2) is 0 Å². The third-order valence-electron chi connectivity index (χ3n) is 3.78. The summed E-state index contributed by atoms with van der Waals surface area (Å²) in [5, 5.41) is 3.32. The van der Waals surface area contributed by atoms with Crippen LogP contribution >= 0.6 is 0 Å². The molecule has 0 radical (unpaired) electrons. The third-order valence-corrected chi connectivity index (χ3v) is 3.78. The van der Waals surface area contributed by atoms with Crippen LogP contribution in [0.1, 0.15) is 32.3 Å². The highest BCUT2D eigenvalue weighted by Gasteiger charge is 2.29. The molecule has 3 nitrogen and oxygen atoms in total. The summed E-state index contributed by atoms with van der Waals surface area (Å²) in [4.78, 5) is 14.3. The SMILES string of the molecule is CCCC(C)N(C)C(=O)C1Cc2ccccc2N1. The maximum atomic E-state index is 12.4. The Morgan fingerprint density at radius 2 is 2.22 bits per heavy atom. The molecule has 1 aromatic carbocycles. The van der Waals surface area contributed by atoms with Crippen LogP contribution in [0.15, 0.2) is 24.3 Å². The monoisotopic (exact) mass is 246 g/mol. The van der Waals surface area contributed by atoms with E-state index in [4.69, 9.17) is 0 Å². The minimum Gasteiger partial charge on any atom is -0.373 e. The van der Waals surface area contributed by atoms with Gasteiger partial charge in [-0.15, -0.1) is 0 Å². The smallest absolute Gasteiger partial charge is 0.245 e. The van der Waals surface area contributed by atoms with Gasteiger partial charge in [-0.2, -0.15) is 0 Å². The number of hydrogen-bond donors (Lipinski definition) is 1. The number of likely N-dealkylation sites (N-methyl/N-ethyl adjacent to an activating group) is 1. The molecule has 98 valence electrons. The Hall–Kier alpha value is -1.51. The van der Waals surface area contributed by atoms with Gasteiger partial charge in [0, 0.05) is 25.2 Å². The summed E-state index contributed by atoms with van der Waals surface area (Å²) in [7, 11) is 1.91. The number of nitrogens with one attached hydrogen (secondary N) is 1. The fourth-order valence-electron chi connectivity index (χ4n) is 2.52. The molecule has 1 N–H and O–H groups in total. The Balaban J connectivity index is 2.00. The van der Waals surface area contributed by atoms with E-state index in [1.165, 1.54) is 5.56 Å². The lowest BCUT2D eigenvalue weighted by molar-refractivity contribution is -0.132. The normalized spacial score (nSPS) is 18.9. The van der Waals surface area contributed by atoms with Gasteiger partial charge in [0.05, 0.1) is 0 Å². The molecule has 0 aliphatic carbocycles. The second-order valence-electron chi connectivity index (χ2n) is 5.15. The van der Waals surface area contributed by atoms with Crippen LogP contribution in [0.25, 0.3) is 0 Å². The predicted molar refractivity (Wildman–Crippen MR) is 74.7 cm³/mol. The molecule has 1 heterocycles. The van der Waals surface area contributed by atoms with Crippen LogP contribution < -0.4 is 5.32 Å².